The van der Waals surface area contributed by atoms with Gasteiger partial charge in [0, 0.05) is 18.7 Å². The van der Waals surface area contributed by atoms with Gasteiger partial charge in [-0.1, -0.05) is 0 Å². The number of halogens is 3. The van der Waals surface area contributed by atoms with E-state index >= 15 is 0 Å². The summed E-state index contributed by atoms with van der Waals surface area (Å²) in [4.78, 5) is 3.58. The van der Waals surface area contributed by atoms with Gasteiger partial charge >= 0.3 is 6.18 Å². The SMILES string of the molecule is COc1cc(C(F)(F)F)c(CC(O)O)cn1. The molecule has 0 unspecified atom stereocenters. The van der Waals surface area contributed by atoms with Crippen LogP contribution in [-0.2, 0) is 12.6 Å². The first-order valence-corrected chi connectivity index (χ1v) is 4.31. The molecule has 1 heterocycles. The fraction of sp³-hybridized carbons (Fsp3) is 0.444. The number of hydrogen-bond acceptors (Lipinski definition) is 4. The van der Waals surface area contributed by atoms with Gasteiger partial charge in [-0.25, -0.2) is 4.98 Å². The molecule has 0 saturated carbocycles. The van der Waals surface area contributed by atoms with Crippen molar-refractivity contribution in [3.05, 3.63) is 23.4 Å². The molecule has 0 bridgehead atoms. The van der Waals surface area contributed by atoms with Crippen molar-refractivity contribution in [3.8, 4) is 5.88 Å². The van der Waals surface area contributed by atoms with Crippen LogP contribution in [-0.4, -0.2) is 28.6 Å². The van der Waals surface area contributed by atoms with E-state index in [2.05, 4.69) is 9.72 Å². The molecule has 7 heteroatoms. The zero-order valence-electron chi connectivity index (χ0n) is 8.32. The Morgan fingerprint density at radius 2 is 2.06 bits per heavy atom. The number of ether oxygens (including phenoxy) is 1. The van der Waals surface area contributed by atoms with Crippen LogP contribution in [0.2, 0.25) is 0 Å². The Labute approximate surface area is 89.3 Å². The molecule has 2 N–H and O–H groups in total. The van der Waals surface area contributed by atoms with Crippen molar-refractivity contribution >= 4 is 0 Å². The Morgan fingerprint density at radius 3 is 2.50 bits per heavy atom. The number of pyridine rings is 1. The van der Waals surface area contributed by atoms with Gasteiger partial charge in [-0.2, -0.15) is 13.2 Å². The molecule has 16 heavy (non-hydrogen) atoms. The van der Waals surface area contributed by atoms with Crippen molar-refractivity contribution in [2.45, 2.75) is 18.9 Å². The van der Waals surface area contributed by atoms with Gasteiger partial charge in [-0.15, -0.1) is 0 Å². The average molecular weight is 237 g/mol. The van der Waals surface area contributed by atoms with Crippen LogP contribution in [0.15, 0.2) is 12.3 Å². The van der Waals surface area contributed by atoms with Crippen LogP contribution < -0.4 is 4.74 Å². The lowest BCUT2D eigenvalue weighted by atomic mass is 10.1. The smallest absolute Gasteiger partial charge is 0.416 e. The molecule has 90 valence electrons. The highest BCUT2D eigenvalue weighted by Gasteiger charge is 2.34. The maximum absolute atomic E-state index is 12.6. The standard InChI is InChI=1S/C9H10F3NO3/c1-16-7-3-6(9(10,11)12)5(4-13-7)2-8(14)15/h3-4,8,14-15H,2H2,1H3. The number of aromatic nitrogens is 1. The number of aliphatic hydroxyl groups is 2. The first-order chi connectivity index (χ1) is 7.34. The molecule has 0 fully saturated rings. The first-order valence-electron chi connectivity index (χ1n) is 4.31. The summed E-state index contributed by atoms with van der Waals surface area (Å²) >= 11 is 0. The maximum Gasteiger partial charge on any atom is 0.416 e. The lowest BCUT2D eigenvalue weighted by molar-refractivity contribution is -0.139. The molecule has 4 nitrogen and oxygen atoms in total. The van der Waals surface area contributed by atoms with E-state index in [1.807, 2.05) is 0 Å². The van der Waals surface area contributed by atoms with Gasteiger partial charge in [-0.3, -0.25) is 0 Å². The minimum atomic E-state index is -4.58. The molecule has 0 saturated heterocycles. The topological polar surface area (TPSA) is 62.6 Å². The summed E-state index contributed by atoms with van der Waals surface area (Å²) in [6, 6.07) is 0.720. The maximum atomic E-state index is 12.6. The second-order valence-corrected chi connectivity index (χ2v) is 3.07. The van der Waals surface area contributed by atoms with Crippen molar-refractivity contribution < 1.29 is 28.1 Å². The van der Waals surface area contributed by atoms with E-state index in [9.17, 15) is 13.2 Å². The predicted octanol–water partition coefficient (Wildman–Crippen LogP) is 0.962. The first kappa shape index (κ1) is 12.7. The summed E-state index contributed by atoms with van der Waals surface area (Å²) in [6.07, 6.45) is -6.05. The number of methoxy groups -OCH3 is 1. The molecule has 0 aromatic carbocycles. The highest BCUT2D eigenvalue weighted by atomic mass is 19.4. The molecular formula is C9H10F3NO3. The minimum Gasteiger partial charge on any atom is -0.481 e. The van der Waals surface area contributed by atoms with Gasteiger partial charge in [0.1, 0.15) is 0 Å². The molecular weight excluding hydrogens is 227 g/mol. The molecule has 0 radical (unpaired) electrons. The highest BCUT2D eigenvalue weighted by molar-refractivity contribution is 5.32. The second kappa shape index (κ2) is 4.67. The zero-order valence-corrected chi connectivity index (χ0v) is 8.32. The monoisotopic (exact) mass is 237 g/mol. The molecule has 1 aromatic heterocycles. The van der Waals surface area contributed by atoms with E-state index in [1.54, 1.807) is 0 Å². The average Bonchev–Trinajstić information content (AvgIpc) is 2.15. The van der Waals surface area contributed by atoms with Crippen LogP contribution >= 0.6 is 0 Å². The lowest BCUT2D eigenvalue weighted by Gasteiger charge is -2.14. The van der Waals surface area contributed by atoms with Crippen LogP contribution in [0.3, 0.4) is 0 Å². The zero-order chi connectivity index (χ0) is 12.3. The van der Waals surface area contributed by atoms with Gasteiger partial charge in [0.2, 0.25) is 5.88 Å². The molecule has 0 aliphatic heterocycles. The van der Waals surface area contributed by atoms with Crippen molar-refractivity contribution in [3.63, 3.8) is 0 Å². The third kappa shape index (κ3) is 3.07. The van der Waals surface area contributed by atoms with Crippen LogP contribution in [0.1, 0.15) is 11.1 Å². The molecule has 0 atom stereocenters. The number of rotatable bonds is 3. The van der Waals surface area contributed by atoms with E-state index in [4.69, 9.17) is 10.2 Å². The Kier molecular flexibility index (Phi) is 3.71. The van der Waals surface area contributed by atoms with Crippen LogP contribution in [0.4, 0.5) is 13.2 Å². The van der Waals surface area contributed by atoms with E-state index in [1.165, 1.54) is 7.11 Å². The molecule has 1 aromatic rings. The van der Waals surface area contributed by atoms with Crippen LogP contribution in [0.25, 0.3) is 0 Å². The summed E-state index contributed by atoms with van der Waals surface area (Å²) < 4.78 is 42.3. The third-order valence-corrected chi connectivity index (χ3v) is 1.88. The normalized spacial score (nSPS) is 11.9. The number of aliphatic hydroxyl groups excluding tert-OH is 1. The summed E-state index contributed by atoms with van der Waals surface area (Å²) in [5.74, 6) is -0.177. The Morgan fingerprint density at radius 1 is 1.44 bits per heavy atom. The van der Waals surface area contributed by atoms with Crippen molar-refractivity contribution in [2.75, 3.05) is 7.11 Å². The summed E-state index contributed by atoms with van der Waals surface area (Å²) in [5.41, 5.74) is -1.27. The van der Waals surface area contributed by atoms with Gasteiger partial charge < -0.3 is 14.9 Å². The molecule has 0 amide bonds. The van der Waals surface area contributed by atoms with E-state index in [-0.39, 0.29) is 11.4 Å². The molecule has 0 spiro atoms. The Balaban J connectivity index is 3.17. The van der Waals surface area contributed by atoms with E-state index in [0.29, 0.717) is 0 Å². The van der Waals surface area contributed by atoms with Crippen molar-refractivity contribution in [1.29, 1.82) is 0 Å². The van der Waals surface area contributed by atoms with E-state index in [0.717, 1.165) is 12.3 Å². The minimum absolute atomic E-state index is 0.177. The quantitative estimate of drug-likeness (QED) is 0.769. The van der Waals surface area contributed by atoms with Gasteiger partial charge in [-0.05, 0) is 5.56 Å². The Hall–Kier alpha value is -1.34. The molecule has 0 aliphatic rings. The second-order valence-electron chi connectivity index (χ2n) is 3.07. The van der Waals surface area contributed by atoms with Gasteiger partial charge in [0.25, 0.3) is 0 Å². The number of alkyl halides is 3. The fourth-order valence-corrected chi connectivity index (χ4v) is 1.20. The third-order valence-electron chi connectivity index (χ3n) is 1.88. The lowest BCUT2D eigenvalue weighted by Crippen LogP contribution is -2.15. The summed E-state index contributed by atoms with van der Waals surface area (Å²) in [6.45, 7) is 0. The number of hydrogen-bond donors (Lipinski definition) is 2. The predicted molar refractivity (Wildman–Crippen MR) is 47.7 cm³/mol. The van der Waals surface area contributed by atoms with Crippen molar-refractivity contribution in [2.24, 2.45) is 0 Å². The van der Waals surface area contributed by atoms with Crippen molar-refractivity contribution in [1.82, 2.24) is 4.98 Å². The van der Waals surface area contributed by atoms with Gasteiger partial charge in [0.15, 0.2) is 6.29 Å². The summed E-state index contributed by atoms with van der Waals surface area (Å²) in [5, 5.41) is 17.3. The fourth-order valence-electron chi connectivity index (χ4n) is 1.20. The largest absolute Gasteiger partial charge is 0.481 e. The van der Waals surface area contributed by atoms with E-state index < -0.39 is 24.5 Å². The summed E-state index contributed by atoms with van der Waals surface area (Å²) in [7, 11) is 1.20. The van der Waals surface area contributed by atoms with Crippen LogP contribution in [0.5, 0.6) is 5.88 Å². The van der Waals surface area contributed by atoms with Gasteiger partial charge in [0.05, 0.1) is 12.7 Å². The van der Waals surface area contributed by atoms with Crippen LogP contribution in [0, 0.1) is 0 Å². The number of nitrogens with zero attached hydrogens (tertiary/aromatic N) is 1. The Bertz CT molecular complexity index is 366. The molecule has 0 aliphatic carbocycles. The molecule has 1 rings (SSSR count). The highest BCUT2D eigenvalue weighted by Crippen LogP contribution is 2.33.